The monoisotopic (exact) mass is 366 g/mol. The molecule has 0 aromatic heterocycles. The average molecular weight is 366 g/mol. The van der Waals surface area contributed by atoms with E-state index >= 15 is 0 Å². The highest BCUT2D eigenvalue weighted by molar-refractivity contribution is 5.89. The lowest BCUT2D eigenvalue weighted by atomic mass is 10.1. The number of carboxylic acid groups (broad SMARTS) is 1. The highest BCUT2D eigenvalue weighted by Crippen LogP contribution is 2.15. The topological polar surface area (TPSA) is 82.1 Å². The average Bonchev–Trinajstić information content (AvgIpc) is 2.58. The summed E-state index contributed by atoms with van der Waals surface area (Å²) < 4.78 is 5.65. The molecule has 1 rings (SSSR count). The third-order valence-corrected chi connectivity index (χ3v) is 3.51. The molecule has 1 aromatic rings. The van der Waals surface area contributed by atoms with Gasteiger partial charge in [-0.1, -0.05) is 25.7 Å². The van der Waals surface area contributed by atoms with E-state index in [1.807, 2.05) is 0 Å². The van der Waals surface area contributed by atoms with Crippen LogP contribution in [0.2, 0.25) is 0 Å². The number of benzene rings is 1. The molecule has 6 nitrogen and oxygen atoms in total. The summed E-state index contributed by atoms with van der Waals surface area (Å²) in [6, 6.07) is 6.76. The molecule has 146 valence electrons. The molecule has 0 spiro atoms. The third-order valence-electron chi connectivity index (χ3n) is 3.51. The first-order valence-corrected chi connectivity index (χ1v) is 9.12. The van der Waals surface area contributed by atoms with E-state index in [1.54, 1.807) is 45.0 Å². The van der Waals surface area contributed by atoms with Gasteiger partial charge in [-0.05, 0) is 57.9 Å². The number of ether oxygens (including phenoxy) is 1. The Kier molecular flexibility index (Phi) is 9.73. The van der Waals surface area contributed by atoms with Gasteiger partial charge in [-0.15, -0.1) is 0 Å². The van der Waals surface area contributed by atoms with Crippen LogP contribution in [0.25, 0.3) is 0 Å². The van der Waals surface area contributed by atoms with Gasteiger partial charge < -0.3 is 9.84 Å². The summed E-state index contributed by atoms with van der Waals surface area (Å²) in [5.74, 6) is -0.548. The van der Waals surface area contributed by atoms with Gasteiger partial charge in [-0.3, -0.25) is 9.68 Å². The Balaban J connectivity index is 2.15. The van der Waals surface area contributed by atoms with Crippen LogP contribution in [0.15, 0.2) is 24.3 Å². The highest BCUT2D eigenvalue weighted by atomic mass is 17.2. The number of hydrogen-bond acceptors (Lipinski definition) is 5. The summed E-state index contributed by atoms with van der Waals surface area (Å²) >= 11 is 0. The van der Waals surface area contributed by atoms with Crippen LogP contribution in [0.1, 0.15) is 76.1 Å². The molecule has 1 N–H and O–H groups in total. The zero-order valence-corrected chi connectivity index (χ0v) is 16.0. The molecule has 26 heavy (non-hydrogen) atoms. The Labute approximate surface area is 155 Å². The van der Waals surface area contributed by atoms with Crippen molar-refractivity contribution in [2.75, 3.05) is 6.61 Å². The maximum Gasteiger partial charge on any atom is 0.373 e. The number of hydrogen-bond donors (Lipinski definition) is 1. The molecule has 1 aromatic carbocycles. The van der Waals surface area contributed by atoms with Crippen molar-refractivity contribution >= 4 is 11.9 Å². The zero-order chi connectivity index (χ0) is 19.4. The van der Waals surface area contributed by atoms with E-state index in [-0.39, 0.29) is 6.42 Å². The van der Waals surface area contributed by atoms with Gasteiger partial charge >= 0.3 is 11.9 Å². The van der Waals surface area contributed by atoms with E-state index in [0.717, 1.165) is 38.5 Å². The molecule has 0 bridgehead atoms. The molecule has 6 heteroatoms. The molecule has 0 saturated carbocycles. The number of carboxylic acids is 1. The number of carbonyl (C=O) groups excluding carboxylic acids is 1. The Morgan fingerprint density at radius 2 is 1.50 bits per heavy atom. The lowest BCUT2D eigenvalue weighted by molar-refractivity contribution is -0.301. The second-order valence-corrected chi connectivity index (χ2v) is 7.20. The highest BCUT2D eigenvalue weighted by Gasteiger charge is 2.16. The quantitative estimate of drug-likeness (QED) is 0.326. The van der Waals surface area contributed by atoms with Crippen LogP contribution in [0.3, 0.4) is 0 Å². The van der Waals surface area contributed by atoms with Gasteiger partial charge in [-0.2, -0.15) is 4.89 Å². The summed E-state index contributed by atoms with van der Waals surface area (Å²) in [7, 11) is 0. The van der Waals surface area contributed by atoms with Gasteiger partial charge in [0.15, 0.2) is 0 Å². The van der Waals surface area contributed by atoms with Crippen LogP contribution in [-0.2, 0) is 14.6 Å². The van der Waals surface area contributed by atoms with Crippen LogP contribution < -0.4 is 4.74 Å². The van der Waals surface area contributed by atoms with Crippen molar-refractivity contribution in [3.63, 3.8) is 0 Å². The zero-order valence-electron chi connectivity index (χ0n) is 16.0. The SMILES string of the molecule is CC(C)(C)OOC(=O)c1ccc(OCCCCCCCCC(=O)O)cc1. The number of aliphatic carboxylic acids is 1. The molecular formula is C20H30O6. The Morgan fingerprint density at radius 3 is 2.08 bits per heavy atom. The largest absolute Gasteiger partial charge is 0.494 e. The predicted octanol–water partition coefficient (Wildman–Crippen LogP) is 4.77. The summed E-state index contributed by atoms with van der Waals surface area (Å²) in [5.41, 5.74) is -0.141. The second kappa shape index (κ2) is 11.5. The molecule has 0 saturated heterocycles. The molecule has 0 heterocycles. The normalized spacial score (nSPS) is 11.2. The van der Waals surface area contributed by atoms with E-state index in [1.165, 1.54) is 0 Å². The minimum atomic E-state index is -0.723. The second-order valence-electron chi connectivity index (χ2n) is 7.20. The molecular weight excluding hydrogens is 336 g/mol. The Morgan fingerprint density at radius 1 is 0.923 bits per heavy atom. The summed E-state index contributed by atoms with van der Waals surface area (Å²) in [4.78, 5) is 32.0. The van der Waals surface area contributed by atoms with Gasteiger partial charge in [0, 0.05) is 6.42 Å². The fourth-order valence-electron chi connectivity index (χ4n) is 2.17. The van der Waals surface area contributed by atoms with Crippen molar-refractivity contribution in [3.8, 4) is 5.75 Å². The number of carbonyl (C=O) groups is 2. The standard InChI is InChI=1S/C20H30O6/c1-20(2,3)26-25-19(23)16-11-13-17(14-12-16)24-15-9-7-5-4-6-8-10-18(21)22/h11-14H,4-10,15H2,1-3H3,(H,21,22). The predicted molar refractivity (Wildman–Crippen MR) is 98.1 cm³/mol. The molecule has 0 aliphatic carbocycles. The molecule has 0 aliphatic heterocycles. The van der Waals surface area contributed by atoms with Gasteiger partial charge in [-0.25, -0.2) is 4.79 Å². The first-order chi connectivity index (χ1) is 12.3. The van der Waals surface area contributed by atoms with Crippen molar-refractivity contribution < 1.29 is 29.2 Å². The lowest BCUT2D eigenvalue weighted by Gasteiger charge is -2.16. The van der Waals surface area contributed by atoms with Crippen molar-refractivity contribution in [2.24, 2.45) is 0 Å². The van der Waals surface area contributed by atoms with E-state index < -0.39 is 17.5 Å². The van der Waals surface area contributed by atoms with Crippen molar-refractivity contribution in [3.05, 3.63) is 29.8 Å². The van der Waals surface area contributed by atoms with Gasteiger partial charge in [0.05, 0.1) is 12.2 Å². The van der Waals surface area contributed by atoms with E-state index in [9.17, 15) is 9.59 Å². The molecule has 0 unspecified atom stereocenters. The Hall–Kier alpha value is -2.08. The summed E-state index contributed by atoms with van der Waals surface area (Å²) in [6.07, 6.45) is 6.12. The molecule has 0 radical (unpaired) electrons. The van der Waals surface area contributed by atoms with Crippen molar-refractivity contribution in [1.82, 2.24) is 0 Å². The van der Waals surface area contributed by atoms with E-state index in [0.29, 0.717) is 17.9 Å². The maximum absolute atomic E-state index is 11.8. The first kappa shape index (κ1) is 22.0. The summed E-state index contributed by atoms with van der Waals surface area (Å²) in [6.45, 7) is 6.01. The van der Waals surface area contributed by atoms with Gasteiger partial charge in [0.1, 0.15) is 11.4 Å². The van der Waals surface area contributed by atoms with E-state index in [4.69, 9.17) is 19.6 Å². The van der Waals surface area contributed by atoms with Crippen LogP contribution >= 0.6 is 0 Å². The maximum atomic E-state index is 11.8. The fraction of sp³-hybridized carbons (Fsp3) is 0.600. The molecule has 0 fully saturated rings. The first-order valence-electron chi connectivity index (χ1n) is 9.12. The smallest absolute Gasteiger partial charge is 0.373 e. The fourth-order valence-corrected chi connectivity index (χ4v) is 2.17. The van der Waals surface area contributed by atoms with Gasteiger partial charge in [0.2, 0.25) is 0 Å². The minimum absolute atomic E-state index is 0.259. The summed E-state index contributed by atoms with van der Waals surface area (Å²) in [5, 5.41) is 8.55. The van der Waals surface area contributed by atoms with Crippen LogP contribution in [0, 0.1) is 0 Å². The van der Waals surface area contributed by atoms with Crippen LogP contribution in [0.4, 0.5) is 0 Å². The number of unbranched alkanes of at least 4 members (excludes halogenated alkanes) is 5. The lowest BCUT2D eigenvalue weighted by Crippen LogP contribution is -2.21. The molecule has 0 amide bonds. The molecule has 0 aliphatic rings. The molecule has 0 atom stereocenters. The van der Waals surface area contributed by atoms with Crippen LogP contribution in [0.5, 0.6) is 5.75 Å². The third kappa shape index (κ3) is 10.7. The van der Waals surface area contributed by atoms with Crippen molar-refractivity contribution in [2.45, 2.75) is 71.3 Å². The minimum Gasteiger partial charge on any atom is -0.494 e. The van der Waals surface area contributed by atoms with E-state index in [2.05, 4.69) is 0 Å². The number of rotatable bonds is 12. The van der Waals surface area contributed by atoms with Crippen LogP contribution in [-0.4, -0.2) is 29.3 Å². The Bertz CT molecular complexity index is 544. The van der Waals surface area contributed by atoms with Crippen molar-refractivity contribution in [1.29, 1.82) is 0 Å². The van der Waals surface area contributed by atoms with Gasteiger partial charge in [0.25, 0.3) is 0 Å².